The fourth-order valence-corrected chi connectivity index (χ4v) is 2.25. The van der Waals surface area contributed by atoms with E-state index in [1.807, 2.05) is 13.2 Å². The Hall–Kier alpha value is -1.95. The van der Waals surface area contributed by atoms with Gasteiger partial charge in [-0.2, -0.15) is 5.10 Å². The molecule has 0 aliphatic carbocycles. The predicted molar refractivity (Wildman–Crippen MR) is 66.2 cm³/mol. The molecular weight excluding hydrogens is 230 g/mol. The number of nitrogens with one attached hydrogen (secondary N) is 1. The smallest absolute Gasteiger partial charge is 0.257 e. The molecule has 0 amide bonds. The third kappa shape index (κ3) is 1.95. The van der Waals surface area contributed by atoms with E-state index >= 15 is 0 Å². The second-order valence-electron chi connectivity index (χ2n) is 4.55. The molecule has 3 heterocycles. The van der Waals surface area contributed by atoms with E-state index in [0.29, 0.717) is 13.1 Å². The Balaban J connectivity index is 1.96. The fraction of sp³-hybridized carbons (Fsp3) is 0.417. The lowest BCUT2D eigenvalue weighted by atomic mass is 10.1. The van der Waals surface area contributed by atoms with E-state index in [4.69, 9.17) is 0 Å². The Labute approximate surface area is 104 Å². The van der Waals surface area contributed by atoms with Crippen molar-refractivity contribution < 1.29 is 0 Å². The Bertz CT molecular complexity index is 628. The summed E-state index contributed by atoms with van der Waals surface area (Å²) in [6.45, 7) is 2.07. The molecule has 0 unspecified atom stereocenters. The molecule has 6 heteroatoms. The molecule has 1 aliphatic rings. The molecular formula is C12H15N5O. The van der Waals surface area contributed by atoms with Gasteiger partial charge in [0.15, 0.2) is 0 Å². The van der Waals surface area contributed by atoms with Crippen LogP contribution in [0.25, 0.3) is 0 Å². The molecule has 0 fully saturated rings. The highest BCUT2D eigenvalue weighted by atomic mass is 16.1. The van der Waals surface area contributed by atoms with Crippen molar-refractivity contribution in [3.63, 3.8) is 0 Å². The van der Waals surface area contributed by atoms with Crippen LogP contribution in [0.5, 0.6) is 0 Å². The Morgan fingerprint density at radius 3 is 3.17 bits per heavy atom. The summed E-state index contributed by atoms with van der Waals surface area (Å²) >= 11 is 0. The van der Waals surface area contributed by atoms with Gasteiger partial charge < -0.3 is 5.32 Å². The summed E-state index contributed by atoms with van der Waals surface area (Å²) in [5.74, 6) is 0. The summed E-state index contributed by atoms with van der Waals surface area (Å²) in [5.41, 5.74) is 2.81. The van der Waals surface area contributed by atoms with E-state index in [-0.39, 0.29) is 5.56 Å². The lowest BCUT2D eigenvalue weighted by Crippen LogP contribution is -2.34. The standard InChI is InChI=1S/C12H15N5O/c1-16-6-9(4-15-16)7-17-8-14-11-5-13-3-2-10(11)12(17)18/h4,6,8,13H,2-3,5,7H2,1H3. The average Bonchev–Trinajstić information content (AvgIpc) is 2.79. The summed E-state index contributed by atoms with van der Waals surface area (Å²) < 4.78 is 3.39. The van der Waals surface area contributed by atoms with Crippen LogP contribution in [0.15, 0.2) is 23.5 Å². The van der Waals surface area contributed by atoms with Crippen LogP contribution in [0.1, 0.15) is 16.8 Å². The van der Waals surface area contributed by atoms with E-state index in [1.54, 1.807) is 21.8 Å². The largest absolute Gasteiger partial charge is 0.311 e. The first-order chi connectivity index (χ1) is 8.74. The quantitative estimate of drug-likeness (QED) is 0.787. The molecule has 2 aromatic rings. The molecule has 0 spiro atoms. The molecule has 0 saturated carbocycles. The summed E-state index contributed by atoms with van der Waals surface area (Å²) in [7, 11) is 1.86. The van der Waals surface area contributed by atoms with Crippen molar-refractivity contribution in [2.75, 3.05) is 6.54 Å². The fourth-order valence-electron chi connectivity index (χ4n) is 2.25. The van der Waals surface area contributed by atoms with Crippen LogP contribution in [0, 0.1) is 0 Å². The number of aryl methyl sites for hydroxylation is 1. The number of nitrogens with zero attached hydrogens (tertiary/aromatic N) is 4. The monoisotopic (exact) mass is 245 g/mol. The van der Waals surface area contributed by atoms with Gasteiger partial charge in [-0.15, -0.1) is 0 Å². The van der Waals surface area contributed by atoms with Gasteiger partial charge in [-0.25, -0.2) is 4.98 Å². The van der Waals surface area contributed by atoms with Crippen LogP contribution < -0.4 is 10.9 Å². The minimum atomic E-state index is 0.0744. The first-order valence-corrected chi connectivity index (χ1v) is 5.99. The van der Waals surface area contributed by atoms with Gasteiger partial charge in [0.05, 0.1) is 24.8 Å². The molecule has 0 radical (unpaired) electrons. The molecule has 0 atom stereocenters. The Morgan fingerprint density at radius 2 is 2.39 bits per heavy atom. The van der Waals surface area contributed by atoms with Crippen molar-refractivity contribution >= 4 is 0 Å². The van der Waals surface area contributed by atoms with Gasteiger partial charge >= 0.3 is 0 Å². The van der Waals surface area contributed by atoms with Crippen LogP contribution in [0.2, 0.25) is 0 Å². The molecule has 1 N–H and O–H groups in total. The van der Waals surface area contributed by atoms with Gasteiger partial charge in [0.2, 0.25) is 0 Å². The summed E-state index contributed by atoms with van der Waals surface area (Å²) in [4.78, 5) is 16.6. The highest BCUT2D eigenvalue weighted by molar-refractivity contribution is 5.20. The first-order valence-electron chi connectivity index (χ1n) is 5.99. The topological polar surface area (TPSA) is 64.7 Å². The minimum absolute atomic E-state index is 0.0744. The van der Waals surface area contributed by atoms with Gasteiger partial charge in [0.1, 0.15) is 0 Å². The summed E-state index contributed by atoms with van der Waals surface area (Å²) in [6, 6.07) is 0. The van der Waals surface area contributed by atoms with E-state index in [2.05, 4.69) is 15.4 Å². The van der Waals surface area contributed by atoms with Crippen LogP contribution in [-0.4, -0.2) is 25.9 Å². The molecule has 2 aromatic heterocycles. The normalized spacial score (nSPS) is 14.5. The van der Waals surface area contributed by atoms with Crippen LogP contribution >= 0.6 is 0 Å². The molecule has 0 saturated heterocycles. The van der Waals surface area contributed by atoms with E-state index in [1.165, 1.54) is 0 Å². The maximum atomic E-state index is 12.3. The average molecular weight is 245 g/mol. The molecule has 6 nitrogen and oxygen atoms in total. The Kier molecular flexibility index (Phi) is 2.71. The predicted octanol–water partition coefficient (Wildman–Crippen LogP) is -0.329. The Morgan fingerprint density at radius 1 is 1.50 bits per heavy atom. The molecule has 18 heavy (non-hydrogen) atoms. The van der Waals surface area contributed by atoms with Crippen molar-refractivity contribution in [2.45, 2.75) is 19.5 Å². The van der Waals surface area contributed by atoms with E-state index in [0.717, 1.165) is 29.8 Å². The number of fused-ring (bicyclic) bond motifs is 1. The zero-order valence-electron chi connectivity index (χ0n) is 10.3. The number of hydrogen-bond acceptors (Lipinski definition) is 4. The zero-order chi connectivity index (χ0) is 12.5. The summed E-state index contributed by atoms with van der Waals surface area (Å²) in [6.07, 6.45) is 6.07. The minimum Gasteiger partial charge on any atom is -0.311 e. The second kappa shape index (κ2) is 4.38. The third-order valence-corrected chi connectivity index (χ3v) is 3.18. The van der Waals surface area contributed by atoms with E-state index < -0.39 is 0 Å². The number of hydrogen-bond donors (Lipinski definition) is 1. The van der Waals surface area contributed by atoms with Gasteiger partial charge in [0.25, 0.3) is 5.56 Å². The van der Waals surface area contributed by atoms with Gasteiger partial charge in [-0.05, 0) is 13.0 Å². The molecule has 1 aliphatic heterocycles. The molecule has 3 rings (SSSR count). The SMILES string of the molecule is Cn1cc(Cn2cnc3c(c2=O)CCNC3)cn1. The number of rotatable bonds is 2. The highest BCUT2D eigenvalue weighted by Gasteiger charge is 2.15. The molecule has 94 valence electrons. The lowest BCUT2D eigenvalue weighted by Gasteiger charge is -2.16. The highest BCUT2D eigenvalue weighted by Crippen LogP contribution is 2.06. The van der Waals surface area contributed by atoms with Crippen LogP contribution in [0.3, 0.4) is 0 Å². The summed E-state index contributed by atoms with van der Waals surface area (Å²) in [5, 5.41) is 7.32. The third-order valence-electron chi connectivity index (χ3n) is 3.18. The molecule has 0 aromatic carbocycles. The van der Waals surface area contributed by atoms with Crippen LogP contribution in [0.4, 0.5) is 0 Å². The van der Waals surface area contributed by atoms with Gasteiger partial charge in [-0.1, -0.05) is 0 Å². The maximum Gasteiger partial charge on any atom is 0.257 e. The van der Waals surface area contributed by atoms with Gasteiger partial charge in [0, 0.05) is 30.9 Å². The van der Waals surface area contributed by atoms with Crippen molar-refractivity contribution in [1.29, 1.82) is 0 Å². The van der Waals surface area contributed by atoms with Crippen LogP contribution in [-0.2, 0) is 26.6 Å². The first kappa shape index (κ1) is 11.2. The number of aromatic nitrogens is 4. The van der Waals surface area contributed by atoms with Crippen molar-refractivity contribution in [3.8, 4) is 0 Å². The molecule has 0 bridgehead atoms. The lowest BCUT2D eigenvalue weighted by molar-refractivity contribution is 0.596. The van der Waals surface area contributed by atoms with Crippen molar-refractivity contribution in [1.82, 2.24) is 24.6 Å². The second-order valence-corrected chi connectivity index (χ2v) is 4.55. The van der Waals surface area contributed by atoms with Gasteiger partial charge in [-0.3, -0.25) is 14.0 Å². The van der Waals surface area contributed by atoms with Crippen molar-refractivity contribution in [3.05, 3.63) is 45.9 Å². The van der Waals surface area contributed by atoms with E-state index in [9.17, 15) is 4.79 Å². The maximum absolute atomic E-state index is 12.3. The van der Waals surface area contributed by atoms with Crippen molar-refractivity contribution in [2.24, 2.45) is 7.05 Å². The zero-order valence-corrected chi connectivity index (χ0v) is 10.3.